The molecule has 0 aliphatic rings. The first-order chi connectivity index (χ1) is 9.96. The van der Waals surface area contributed by atoms with Gasteiger partial charge >= 0.3 is 0 Å². The third-order valence-corrected chi connectivity index (χ3v) is 4.67. The van der Waals surface area contributed by atoms with Crippen LogP contribution in [0.3, 0.4) is 0 Å². The molecule has 0 saturated carbocycles. The van der Waals surface area contributed by atoms with Crippen molar-refractivity contribution in [2.45, 2.75) is 18.2 Å². The summed E-state index contributed by atoms with van der Waals surface area (Å²) in [4.78, 5) is 7.85. The maximum atomic E-state index is 12.3. The molecule has 0 atom stereocenters. The van der Waals surface area contributed by atoms with Gasteiger partial charge in [0.25, 0.3) is 10.0 Å². The zero-order valence-corrected chi connectivity index (χ0v) is 14.0. The van der Waals surface area contributed by atoms with E-state index in [0.717, 1.165) is 10.0 Å². The molecule has 8 heteroatoms. The van der Waals surface area contributed by atoms with Gasteiger partial charge in [0.2, 0.25) is 5.95 Å². The Kier molecular flexibility index (Phi) is 4.79. The number of rotatable bonds is 5. The topological polar surface area (TPSA) is 84.0 Å². The van der Waals surface area contributed by atoms with Gasteiger partial charge in [-0.05, 0) is 30.2 Å². The van der Waals surface area contributed by atoms with E-state index in [9.17, 15) is 8.42 Å². The Morgan fingerprint density at radius 3 is 2.48 bits per heavy atom. The molecular formula is C13H15BrN4O2S. The van der Waals surface area contributed by atoms with Gasteiger partial charge in [-0.2, -0.15) is 0 Å². The number of hydrogen-bond acceptors (Lipinski definition) is 5. The van der Waals surface area contributed by atoms with Crippen LogP contribution in [0.5, 0.6) is 0 Å². The predicted octanol–water partition coefficient (Wildman–Crippen LogP) is 2.64. The number of benzene rings is 1. The summed E-state index contributed by atoms with van der Waals surface area (Å²) in [6, 6.07) is 5.40. The molecule has 1 heterocycles. The Hall–Kier alpha value is -1.67. The molecule has 0 unspecified atom stereocenters. The molecule has 2 rings (SSSR count). The highest BCUT2D eigenvalue weighted by molar-refractivity contribution is 9.10. The first kappa shape index (κ1) is 15.7. The van der Waals surface area contributed by atoms with E-state index in [1.165, 1.54) is 12.4 Å². The van der Waals surface area contributed by atoms with Crippen LogP contribution in [0.25, 0.3) is 0 Å². The first-order valence-electron chi connectivity index (χ1n) is 6.27. The SMILES string of the molecule is CCc1cc(Br)ccc1NS(=O)(=O)c1cnc(NC)nc1. The molecular weight excluding hydrogens is 356 g/mol. The van der Waals surface area contributed by atoms with Crippen molar-refractivity contribution in [2.75, 3.05) is 17.1 Å². The van der Waals surface area contributed by atoms with Crippen LogP contribution in [-0.4, -0.2) is 25.4 Å². The van der Waals surface area contributed by atoms with Gasteiger partial charge in [-0.25, -0.2) is 18.4 Å². The summed E-state index contributed by atoms with van der Waals surface area (Å²) in [6.45, 7) is 1.96. The fourth-order valence-corrected chi connectivity index (χ4v) is 3.14. The van der Waals surface area contributed by atoms with Gasteiger partial charge in [0.05, 0.1) is 18.1 Å². The Labute approximate surface area is 132 Å². The lowest BCUT2D eigenvalue weighted by atomic mass is 10.1. The summed E-state index contributed by atoms with van der Waals surface area (Å²) in [5.41, 5.74) is 1.46. The summed E-state index contributed by atoms with van der Waals surface area (Å²) >= 11 is 3.37. The van der Waals surface area contributed by atoms with Crippen molar-refractivity contribution >= 4 is 37.6 Å². The van der Waals surface area contributed by atoms with Gasteiger partial charge in [0.1, 0.15) is 4.90 Å². The number of aromatic nitrogens is 2. The third kappa shape index (κ3) is 3.70. The van der Waals surface area contributed by atoms with Crippen molar-refractivity contribution in [3.63, 3.8) is 0 Å². The molecule has 0 spiro atoms. The molecule has 0 radical (unpaired) electrons. The van der Waals surface area contributed by atoms with E-state index in [-0.39, 0.29) is 4.90 Å². The lowest BCUT2D eigenvalue weighted by molar-refractivity contribution is 0.600. The Bertz CT molecular complexity index is 732. The molecule has 2 aromatic rings. The molecule has 0 aliphatic heterocycles. The summed E-state index contributed by atoms with van der Waals surface area (Å²) in [7, 11) is -2.04. The van der Waals surface area contributed by atoms with Crippen LogP contribution >= 0.6 is 15.9 Å². The van der Waals surface area contributed by atoms with Crippen LogP contribution in [0.4, 0.5) is 11.6 Å². The monoisotopic (exact) mass is 370 g/mol. The van der Waals surface area contributed by atoms with Crippen molar-refractivity contribution < 1.29 is 8.42 Å². The lowest BCUT2D eigenvalue weighted by Gasteiger charge is -2.12. The molecule has 0 amide bonds. The second kappa shape index (κ2) is 6.40. The molecule has 0 bridgehead atoms. The van der Waals surface area contributed by atoms with Crippen LogP contribution in [0.1, 0.15) is 12.5 Å². The molecule has 0 fully saturated rings. The highest BCUT2D eigenvalue weighted by Gasteiger charge is 2.17. The predicted molar refractivity (Wildman–Crippen MR) is 85.9 cm³/mol. The zero-order chi connectivity index (χ0) is 15.5. The standard InChI is InChI=1S/C13H15BrN4O2S/c1-3-9-6-10(14)4-5-12(9)18-21(19,20)11-7-16-13(15-2)17-8-11/h4-8,18H,3H2,1-2H3,(H,15,16,17). The number of anilines is 2. The fourth-order valence-electron chi connectivity index (χ4n) is 1.74. The van der Waals surface area contributed by atoms with Crippen molar-refractivity contribution in [3.8, 4) is 0 Å². The maximum Gasteiger partial charge on any atom is 0.264 e. The molecule has 0 aliphatic carbocycles. The molecule has 0 saturated heterocycles. The molecule has 1 aromatic heterocycles. The van der Waals surface area contributed by atoms with Crippen LogP contribution < -0.4 is 10.0 Å². The van der Waals surface area contributed by atoms with Gasteiger partial charge in [-0.15, -0.1) is 0 Å². The quantitative estimate of drug-likeness (QED) is 0.844. The van der Waals surface area contributed by atoms with Crippen LogP contribution in [0.15, 0.2) is 40.0 Å². The summed E-state index contributed by atoms with van der Waals surface area (Å²) in [5, 5.41) is 2.74. The smallest absolute Gasteiger partial charge is 0.264 e. The minimum atomic E-state index is -3.70. The van der Waals surface area contributed by atoms with Crippen molar-refractivity contribution in [3.05, 3.63) is 40.6 Å². The number of hydrogen-bond donors (Lipinski definition) is 2. The fraction of sp³-hybridized carbons (Fsp3) is 0.231. The summed E-state index contributed by atoms with van der Waals surface area (Å²) < 4.78 is 28.1. The Morgan fingerprint density at radius 2 is 1.90 bits per heavy atom. The first-order valence-corrected chi connectivity index (χ1v) is 8.55. The van der Waals surface area contributed by atoms with Crippen LogP contribution in [0, 0.1) is 0 Å². The van der Waals surface area contributed by atoms with Crippen LogP contribution in [0.2, 0.25) is 0 Å². The maximum absolute atomic E-state index is 12.3. The van der Waals surface area contributed by atoms with Gasteiger partial charge < -0.3 is 5.32 Å². The minimum Gasteiger partial charge on any atom is -0.357 e. The van der Waals surface area contributed by atoms with Crippen LogP contribution in [-0.2, 0) is 16.4 Å². The Balaban J connectivity index is 2.32. The van der Waals surface area contributed by atoms with E-state index in [0.29, 0.717) is 18.1 Å². The molecule has 112 valence electrons. The average molecular weight is 371 g/mol. The van der Waals surface area contributed by atoms with Gasteiger partial charge in [-0.3, -0.25) is 4.72 Å². The second-order valence-corrected chi connectivity index (χ2v) is 6.85. The molecule has 21 heavy (non-hydrogen) atoms. The van der Waals surface area contributed by atoms with E-state index in [4.69, 9.17) is 0 Å². The average Bonchev–Trinajstić information content (AvgIpc) is 2.49. The molecule has 6 nitrogen and oxygen atoms in total. The molecule has 2 N–H and O–H groups in total. The van der Waals surface area contributed by atoms with E-state index in [2.05, 4.69) is 35.9 Å². The largest absolute Gasteiger partial charge is 0.357 e. The Morgan fingerprint density at radius 1 is 1.24 bits per heavy atom. The van der Waals surface area contributed by atoms with E-state index < -0.39 is 10.0 Å². The minimum absolute atomic E-state index is 0.0199. The molecule has 1 aromatic carbocycles. The van der Waals surface area contributed by atoms with Gasteiger partial charge in [0.15, 0.2) is 0 Å². The second-order valence-electron chi connectivity index (χ2n) is 4.25. The number of halogens is 1. The highest BCUT2D eigenvalue weighted by atomic mass is 79.9. The van der Waals surface area contributed by atoms with E-state index in [1.54, 1.807) is 19.2 Å². The normalized spacial score (nSPS) is 11.2. The number of sulfonamides is 1. The highest BCUT2D eigenvalue weighted by Crippen LogP contribution is 2.24. The van der Waals surface area contributed by atoms with E-state index >= 15 is 0 Å². The van der Waals surface area contributed by atoms with Gasteiger partial charge in [0, 0.05) is 11.5 Å². The zero-order valence-electron chi connectivity index (χ0n) is 11.6. The van der Waals surface area contributed by atoms with Crippen molar-refractivity contribution in [2.24, 2.45) is 0 Å². The summed E-state index contributed by atoms with van der Waals surface area (Å²) in [6.07, 6.45) is 3.25. The van der Waals surface area contributed by atoms with Crippen molar-refractivity contribution in [1.82, 2.24) is 9.97 Å². The van der Waals surface area contributed by atoms with Crippen molar-refractivity contribution in [1.29, 1.82) is 0 Å². The number of nitrogens with one attached hydrogen (secondary N) is 2. The third-order valence-electron chi connectivity index (χ3n) is 2.85. The summed E-state index contributed by atoms with van der Waals surface area (Å²) in [5.74, 6) is 0.367. The lowest BCUT2D eigenvalue weighted by Crippen LogP contribution is -2.15. The van der Waals surface area contributed by atoms with Gasteiger partial charge in [-0.1, -0.05) is 22.9 Å². The number of aryl methyl sites for hydroxylation is 1. The number of nitrogens with zero attached hydrogens (tertiary/aromatic N) is 2. The van der Waals surface area contributed by atoms with E-state index in [1.807, 2.05) is 13.0 Å².